The Balaban J connectivity index is 2.20. The third-order valence-electron chi connectivity index (χ3n) is 4.05. The fourth-order valence-corrected chi connectivity index (χ4v) is 2.96. The van der Waals surface area contributed by atoms with E-state index in [1.807, 2.05) is 27.7 Å². The molecule has 1 aromatic carbocycles. The minimum Gasteiger partial charge on any atom is -0.494 e. The van der Waals surface area contributed by atoms with E-state index in [1.54, 1.807) is 48.0 Å². The van der Waals surface area contributed by atoms with Gasteiger partial charge >= 0.3 is 6.09 Å². The molecule has 0 saturated carbocycles. The van der Waals surface area contributed by atoms with Gasteiger partial charge in [0.05, 0.1) is 29.6 Å². The van der Waals surface area contributed by atoms with Gasteiger partial charge in [-0.2, -0.15) is 10.4 Å². The fourth-order valence-electron chi connectivity index (χ4n) is 2.96. The standard InChI is InChI=1S/C22H23N4O3/c1-6-28-18-9-7-17(8-10-18)25(21(27)29-22(3,4)5)20-15(2)13-16(14-23)19-11-12-24-26(19)20/h7-12H,6H2,1-5H3. The zero-order valence-corrected chi connectivity index (χ0v) is 17.2. The smallest absolute Gasteiger partial charge is 0.420 e. The summed E-state index contributed by atoms with van der Waals surface area (Å²) >= 11 is 0. The lowest BCUT2D eigenvalue weighted by atomic mass is 10.1. The zero-order chi connectivity index (χ0) is 21.2. The normalized spacial score (nSPS) is 11.2. The van der Waals surface area contributed by atoms with Gasteiger partial charge < -0.3 is 9.47 Å². The number of carbonyl (C=O) groups excluding carboxylic acids is 1. The van der Waals surface area contributed by atoms with Gasteiger partial charge in [-0.3, -0.25) is 0 Å². The predicted molar refractivity (Wildman–Crippen MR) is 109 cm³/mol. The molecule has 149 valence electrons. The number of hydrogen-bond acceptors (Lipinski definition) is 5. The van der Waals surface area contributed by atoms with Crippen molar-refractivity contribution in [3.8, 4) is 11.8 Å². The van der Waals surface area contributed by atoms with E-state index in [9.17, 15) is 10.1 Å². The first kappa shape index (κ1) is 20.2. The Kier molecular flexibility index (Phi) is 5.46. The summed E-state index contributed by atoms with van der Waals surface area (Å²) < 4.78 is 12.7. The maximum atomic E-state index is 13.2. The van der Waals surface area contributed by atoms with Crippen LogP contribution in [0, 0.1) is 24.3 Å². The number of benzene rings is 1. The van der Waals surface area contributed by atoms with Crippen LogP contribution in [0.1, 0.15) is 38.8 Å². The number of rotatable bonds is 4. The molecule has 0 aliphatic carbocycles. The summed E-state index contributed by atoms with van der Waals surface area (Å²) in [5.41, 5.74) is 1.42. The van der Waals surface area contributed by atoms with Crippen molar-refractivity contribution in [3.05, 3.63) is 53.7 Å². The van der Waals surface area contributed by atoms with Gasteiger partial charge in [0.2, 0.25) is 0 Å². The summed E-state index contributed by atoms with van der Waals surface area (Å²) in [5, 5.41) is 13.8. The zero-order valence-electron chi connectivity index (χ0n) is 17.2. The highest BCUT2D eigenvalue weighted by Gasteiger charge is 2.29. The fraction of sp³-hybridized carbons (Fsp3) is 0.318. The van der Waals surface area contributed by atoms with Gasteiger partial charge in [-0.05, 0) is 65.0 Å². The molecule has 0 fully saturated rings. The van der Waals surface area contributed by atoms with E-state index in [1.165, 1.54) is 4.90 Å². The van der Waals surface area contributed by atoms with Crippen molar-refractivity contribution >= 4 is 23.1 Å². The van der Waals surface area contributed by atoms with Crippen LogP contribution in [-0.2, 0) is 4.74 Å². The second-order valence-corrected chi connectivity index (χ2v) is 7.43. The van der Waals surface area contributed by atoms with Crippen molar-refractivity contribution in [2.24, 2.45) is 0 Å². The van der Waals surface area contributed by atoms with Gasteiger partial charge in [0.1, 0.15) is 23.2 Å². The first-order chi connectivity index (χ1) is 13.7. The van der Waals surface area contributed by atoms with E-state index < -0.39 is 11.7 Å². The number of anilines is 2. The van der Waals surface area contributed by atoms with Crippen LogP contribution in [0.2, 0.25) is 0 Å². The summed E-state index contributed by atoms with van der Waals surface area (Å²) in [7, 11) is 0. The highest BCUT2D eigenvalue weighted by Crippen LogP contribution is 2.33. The summed E-state index contributed by atoms with van der Waals surface area (Å²) in [5.74, 6) is 1.16. The van der Waals surface area contributed by atoms with E-state index in [4.69, 9.17) is 9.47 Å². The van der Waals surface area contributed by atoms with Gasteiger partial charge in [0.25, 0.3) is 0 Å². The minimum atomic E-state index is -0.686. The molecule has 7 heteroatoms. The predicted octanol–water partition coefficient (Wildman–Crippen LogP) is 4.79. The molecular formula is C22H23N4O3. The van der Waals surface area contributed by atoms with Crippen LogP contribution < -0.4 is 9.64 Å². The van der Waals surface area contributed by atoms with Crippen LogP contribution in [-0.4, -0.2) is 27.9 Å². The number of fused-ring (bicyclic) bond motifs is 1. The Morgan fingerprint density at radius 2 is 1.97 bits per heavy atom. The number of hydrogen-bond donors (Lipinski definition) is 0. The Hall–Kier alpha value is -3.53. The lowest BCUT2D eigenvalue weighted by Crippen LogP contribution is -2.35. The SMILES string of the molecule is CCOc1ccc(N(C(=O)OC(C)(C)C)c2c(C)[c]c(C#N)c3ccnn23)cc1. The largest absolute Gasteiger partial charge is 0.494 e. The van der Waals surface area contributed by atoms with Crippen molar-refractivity contribution in [1.82, 2.24) is 9.61 Å². The summed E-state index contributed by atoms with van der Waals surface area (Å²) in [6.07, 6.45) is 1.03. The second kappa shape index (κ2) is 7.84. The molecule has 2 heterocycles. The third kappa shape index (κ3) is 4.16. The Bertz CT molecular complexity index is 1070. The number of aryl methyl sites for hydroxylation is 1. The molecule has 0 spiro atoms. The lowest BCUT2D eigenvalue weighted by Gasteiger charge is -2.28. The van der Waals surface area contributed by atoms with Crippen molar-refractivity contribution < 1.29 is 14.3 Å². The highest BCUT2D eigenvalue weighted by molar-refractivity contribution is 5.96. The number of nitrogens with zero attached hydrogens (tertiary/aromatic N) is 4. The number of nitriles is 1. The van der Waals surface area contributed by atoms with E-state index in [2.05, 4.69) is 17.2 Å². The molecule has 0 saturated heterocycles. The van der Waals surface area contributed by atoms with E-state index in [0.29, 0.717) is 40.5 Å². The van der Waals surface area contributed by atoms with Gasteiger partial charge in [0.15, 0.2) is 0 Å². The monoisotopic (exact) mass is 391 g/mol. The molecule has 7 nitrogen and oxygen atoms in total. The Morgan fingerprint density at radius 1 is 1.28 bits per heavy atom. The van der Waals surface area contributed by atoms with Crippen molar-refractivity contribution in [2.75, 3.05) is 11.5 Å². The second-order valence-electron chi connectivity index (χ2n) is 7.43. The van der Waals surface area contributed by atoms with E-state index in [0.717, 1.165) is 0 Å². The van der Waals surface area contributed by atoms with E-state index in [-0.39, 0.29) is 0 Å². The van der Waals surface area contributed by atoms with Crippen molar-refractivity contribution in [1.29, 1.82) is 5.26 Å². The van der Waals surface area contributed by atoms with Gasteiger partial charge in [-0.25, -0.2) is 14.2 Å². The molecule has 0 bridgehead atoms. The molecule has 29 heavy (non-hydrogen) atoms. The lowest BCUT2D eigenvalue weighted by molar-refractivity contribution is 0.0597. The molecule has 1 radical (unpaired) electrons. The van der Waals surface area contributed by atoms with Crippen LogP contribution in [0.5, 0.6) is 5.75 Å². The minimum absolute atomic E-state index is 0.361. The molecule has 0 unspecified atom stereocenters. The molecule has 0 aliphatic heterocycles. The van der Waals surface area contributed by atoms with Crippen molar-refractivity contribution in [2.45, 2.75) is 40.2 Å². The maximum absolute atomic E-state index is 13.2. The number of amides is 1. The first-order valence-electron chi connectivity index (χ1n) is 9.31. The average Bonchev–Trinajstić information content (AvgIpc) is 3.13. The molecule has 3 rings (SSSR count). The molecule has 0 aliphatic rings. The average molecular weight is 391 g/mol. The molecule has 1 amide bonds. The molecule has 3 aromatic rings. The summed E-state index contributed by atoms with van der Waals surface area (Å²) in [6.45, 7) is 9.66. The summed E-state index contributed by atoms with van der Waals surface area (Å²) in [4.78, 5) is 14.6. The molecule has 0 N–H and O–H groups in total. The molecule has 2 aromatic heterocycles. The van der Waals surface area contributed by atoms with Crippen LogP contribution >= 0.6 is 0 Å². The number of aromatic nitrogens is 2. The molecule has 0 atom stereocenters. The van der Waals surface area contributed by atoms with E-state index >= 15 is 0 Å². The Morgan fingerprint density at radius 3 is 2.55 bits per heavy atom. The van der Waals surface area contributed by atoms with Crippen LogP contribution in [0.4, 0.5) is 16.3 Å². The van der Waals surface area contributed by atoms with Gasteiger partial charge in [-0.1, -0.05) is 0 Å². The van der Waals surface area contributed by atoms with Crippen LogP contribution in [0.3, 0.4) is 0 Å². The number of pyridine rings is 1. The first-order valence-corrected chi connectivity index (χ1v) is 9.31. The maximum Gasteiger partial charge on any atom is 0.420 e. The number of carbonyl (C=O) groups is 1. The van der Waals surface area contributed by atoms with Gasteiger partial charge in [-0.15, -0.1) is 0 Å². The van der Waals surface area contributed by atoms with Crippen molar-refractivity contribution in [3.63, 3.8) is 0 Å². The third-order valence-corrected chi connectivity index (χ3v) is 4.05. The Labute approximate surface area is 170 Å². The van der Waals surface area contributed by atoms with Crippen LogP contribution in [0.25, 0.3) is 5.52 Å². The quantitative estimate of drug-likeness (QED) is 0.639. The molecular weight excluding hydrogens is 368 g/mol. The topological polar surface area (TPSA) is 79.9 Å². The summed E-state index contributed by atoms with van der Waals surface area (Å²) in [6, 6.07) is 14.0. The number of ether oxygens (including phenoxy) is 2. The highest BCUT2D eigenvalue weighted by atomic mass is 16.6. The van der Waals surface area contributed by atoms with Gasteiger partial charge in [0, 0.05) is 11.6 Å². The van der Waals surface area contributed by atoms with Crippen LogP contribution in [0.15, 0.2) is 36.5 Å².